The monoisotopic (exact) mass is 631 g/mol. The van der Waals surface area contributed by atoms with Crippen LogP contribution in [-0.4, -0.2) is 68.2 Å². The van der Waals surface area contributed by atoms with Crippen molar-refractivity contribution in [3.63, 3.8) is 0 Å². The molecular formula is C34H37N3O7S. The summed E-state index contributed by atoms with van der Waals surface area (Å²) in [5, 5.41) is 10.7. The lowest BCUT2D eigenvalue weighted by Gasteiger charge is -2.30. The number of sulfone groups is 1. The first-order valence-corrected chi connectivity index (χ1v) is 17.5. The molecule has 4 aromatic rings. The average molecular weight is 632 g/mol. The number of morpholine rings is 1. The number of fused-ring (bicyclic) bond motifs is 5. The van der Waals surface area contributed by atoms with Crippen LogP contribution in [-0.2, 0) is 27.7 Å². The van der Waals surface area contributed by atoms with E-state index in [1.807, 2.05) is 30.3 Å². The third-order valence-electron chi connectivity index (χ3n) is 9.18. The zero-order chi connectivity index (χ0) is 31.1. The fourth-order valence-corrected chi connectivity index (χ4v) is 7.68. The molecule has 3 aliphatic rings. The summed E-state index contributed by atoms with van der Waals surface area (Å²) in [6.07, 6.45) is 6.95. The Hall–Kier alpha value is -4.09. The summed E-state index contributed by atoms with van der Waals surface area (Å²) in [7, 11) is -3.39. The van der Waals surface area contributed by atoms with Crippen molar-refractivity contribution in [2.75, 3.05) is 44.1 Å². The Balaban J connectivity index is 1.26. The number of carboxylic acid groups (broad SMARTS) is 1. The minimum Gasteiger partial charge on any atom is -0.491 e. The van der Waals surface area contributed by atoms with Crippen LogP contribution in [0.15, 0.2) is 53.4 Å². The van der Waals surface area contributed by atoms with Crippen molar-refractivity contribution in [2.24, 2.45) is 0 Å². The Morgan fingerprint density at radius 3 is 2.56 bits per heavy atom. The van der Waals surface area contributed by atoms with Crippen molar-refractivity contribution in [3.8, 4) is 22.8 Å². The number of aromatic nitrogens is 2. The molecule has 1 N–H and O–H groups in total. The normalized spacial score (nSPS) is 17.3. The Morgan fingerprint density at radius 1 is 1.00 bits per heavy atom. The second kappa shape index (κ2) is 12.0. The van der Waals surface area contributed by atoms with Gasteiger partial charge in [-0.05, 0) is 66.8 Å². The molecule has 2 fully saturated rings. The standard InChI is InChI=1S/C34H37N3O7S/c1-45(40,41)25-8-12-29(36-13-16-42-17-14-36)23(19-25)21-44-24-7-9-26-30(20-24)43-18-15-37-32(26)31(22-5-3-2-4-6-22)27-10-11-28(34(38)39)35-33(27)37/h7-12,19-20,22H,2-6,13-18,21H2,1H3,(H,38,39). The molecule has 236 valence electrons. The zero-order valence-corrected chi connectivity index (χ0v) is 26.1. The Kier molecular flexibility index (Phi) is 7.91. The van der Waals surface area contributed by atoms with E-state index in [0.717, 1.165) is 53.8 Å². The number of carbonyl (C=O) groups is 1. The van der Waals surface area contributed by atoms with Gasteiger partial charge in [0.25, 0.3) is 0 Å². The Labute approximate surface area is 262 Å². The molecule has 2 aliphatic heterocycles. The van der Waals surface area contributed by atoms with Crippen LogP contribution < -0.4 is 14.4 Å². The van der Waals surface area contributed by atoms with E-state index in [0.29, 0.717) is 49.4 Å². The van der Waals surface area contributed by atoms with Gasteiger partial charge in [-0.2, -0.15) is 0 Å². The maximum absolute atomic E-state index is 12.4. The van der Waals surface area contributed by atoms with Crippen LogP contribution in [0.1, 0.15) is 59.6 Å². The molecule has 4 heterocycles. The number of pyridine rings is 1. The summed E-state index contributed by atoms with van der Waals surface area (Å²) in [4.78, 5) is 18.9. The van der Waals surface area contributed by atoms with E-state index in [4.69, 9.17) is 14.2 Å². The molecular weight excluding hydrogens is 594 g/mol. The first-order valence-electron chi connectivity index (χ1n) is 15.6. The minimum absolute atomic E-state index is 0.0310. The number of ether oxygens (including phenoxy) is 3. The largest absolute Gasteiger partial charge is 0.491 e. The lowest BCUT2D eigenvalue weighted by atomic mass is 9.82. The number of aromatic carboxylic acids is 1. The van der Waals surface area contributed by atoms with E-state index in [9.17, 15) is 18.3 Å². The van der Waals surface area contributed by atoms with Crippen LogP contribution in [0, 0.1) is 0 Å². The van der Waals surface area contributed by atoms with Crippen molar-refractivity contribution >= 4 is 32.5 Å². The van der Waals surface area contributed by atoms with Crippen LogP contribution >= 0.6 is 0 Å². The van der Waals surface area contributed by atoms with Crippen molar-refractivity contribution in [1.82, 2.24) is 9.55 Å². The number of carboxylic acids is 1. The number of nitrogens with zero attached hydrogens (tertiary/aromatic N) is 3. The first kappa shape index (κ1) is 29.6. The molecule has 1 saturated carbocycles. The summed E-state index contributed by atoms with van der Waals surface area (Å²) < 4.78 is 45.0. The quantitative estimate of drug-likeness (QED) is 0.275. The van der Waals surface area contributed by atoms with Crippen LogP contribution in [0.4, 0.5) is 5.69 Å². The number of benzene rings is 2. The predicted octanol–water partition coefficient (Wildman–Crippen LogP) is 5.66. The van der Waals surface area contributed by atoms with Gasteiger partial charge in [-0.25, -0.2) is 18.2 Å². The van der Waals surface area contributed by atoms with Gasteiger partial charge in [-0.15, -0.1) is 0 Å². The van der Waals surface area contributed by atoms with Crippen LogP contribution in [0.25, 0.3) is 22.3 Å². The van der Waals surface area contributed by atoms with Crippen LogP contribution in [0.3, 0.4) is 0 Å². The van der Waals surface area contributed by atoms with E-state index in [1.165, 1.54) is 31.1 Å². The van der Waals surface area contributed by atoms with Gasteiger partial charge >= 0.3 is 5.97 Å². The summed E-state index contributed by atoms with van der Waals surface area (Å²) in [6, 6.07) is 14.6. The predicted molar refractivity (Wildman–Crippen MR) is 170 cm³/mol. The molecule has 0 amide bonds. The number of anilines is 1. The molecule has 45 heavy (non-hydrogen) atoms. The first-order chi connectivity index (χ1) is 21.8. The molecule has 11 heteroatoms. The molecule has 7 rings (SSSR count). The topological polar surface area (TPSA) is 120 Å². The van der Waals surface area contributed by atoms with Crippen LogP contribution in [0.5, 0.6) is 11.5 Å². The fourth-order valence-electron chi connectivity index (χ4n) is 7.01. The maximum atomic E-state index is 12.4. The molecule has 1 aliphatic carbocycles. The summed E-state index contributed by atoms with van der Waals surface area (Å²) in [5.74, 6) is 0.625. The molecule has 0 atom stereocenters. The SMILES string of the molecule is CS(=O)(=O)c1ccc(N2CCOCC2)c(COc2ccc3c(c2)OCCn2c-3c(C3CCCCC3)c3ccc(C(=O)O)nc32)c1. The third-order valence-corrected chi connectivity index (χ3v) is 10.3. The van der Waals surface area contributed by atoms with Crippen molar-refractivity contribution in [2.45, 2.75) is 56.1 Å². The highest BCUT2D eigenvalue weighted by atomic mass is 32.2. The molecule has 0 unspecified atom stereocenters. The van der Waals surface area contributed by atoms with Crippen molar-refractivity contribution < 1.29 is 32.5 Å². The number of hydrogen-bond acceptors (Lipinski definition) is 8. The van der Waals surface area contributed by atoms with E-state index in [2.05, 4.69) is 14.5 Å². The number of hydrogen-bond donors (Lipinski definition) is 1. The average Bonchev–Trinajstić information content (AvgIpc) is 3.25. The molecule has 0 radical (unpaired) electrons. The van der Waals surface area contributed by atoms with Crippen molar-refractivity contribution in [3.05, 3.63) is 65.4 Å². The molecule has 1 saturated heterocycles. The second-order valence-electron chi connectivity index (χ2n) is 12.1. The van der Waals surface area contributed by atoms with E-state index < -0.39 is 15.8 Å². The Bertz CT molecular complexity index is 1870. The van der Waals surface area contributed by atoms with Gasteiger partial charge in [0.15, 0.2) is 15.5 Å². The van der Waals surface area contributed by atoms with Crippen molar-refractivity contribution in [1.29, 1.82) is 0 Å². The molecule has 2 aromatic carbocycles. The highest BCUT2D eigenvalue weighted by Crippen LogP contribution is 2.47. The fraction of sp³-hybridized carbons (Fsp3) is 0.412. The number of rotatable bonds is 7. The lowest BCUT2D eigenvalue weighted by molar-refractivity contribution is 0.0690. The van der Waals surface area contributed by atoms with Gasteiger partial charge < -0.3 is 28.8 Å². The molecule has 2 aromatic heterocycles. The van der Waals surface area contributed by atoms with Gasteiger partial charge in [-0.3, -0.25) is 0 Å². The molecule has 0 bridgehead atoms. The lowest BCUT2D eigenvalue weighted by Crippen LogP contribution is -2.36. The maximum Gasteiger partial charge on any atom is 0.354 e. The van der Waals surface area contributed by atoms with Crippen LogP contribution in [0.2, 0.25) is 0 Å². The smallest absolute Gasteiger partial charge is 0.354 e. The van der Waals surface area contributed by atoms with Gasteiger partial charge in [0, 0.05) is 47.6 Å². The molecule has 0 spiro atoms. The summed E-state index contributed by atoms with van der Waals surface area (Å²) in [6.45, 7) is 3.79. The van der Waals surface area contributed by atoms with E-state index in [1.54, 1.807) is 18.2 Å². The van der Waals surface area contributed by atoms with E-state index >= 15 is 0 Å². The zero-order valence-electron chi connectivity index (χ0n) is 25.3. The summed E-state index contributed by atoms with van der Waals surface area (Å²) >= 11 is 0. The third kappa shape index (κ3) is 5.75. The highest BCUT2D eigenvalue weighted by molar-refractivity contribution is 7.90. The summed E-state index contributed by atoms with van der Waals surface area (Å²) in [5.41, 5.74) is 5.64. The minimum atomic E-state index is -3.39. The Morgan fingerprint density at radius 2 is 1.80 bits per heavy atom. The van der Waals surface area contributed by atoms with E-state index in [-0.39, 0.29) is 17.2 Å². The highest BCUT2D eigenvalue weighted by Gasteiger charge is 2.30. The molecule has 10 nitrogen and oxygen atoms in total. The van der Waals surface area contributed by atoms with Gasteiger partial charge in [0.2, 0.25) is 0 Å². The van der Waals surface area contributed by atoms with Gasteiger partial charge in [0.1, 0.15) is 30.4 Å². The second-order valence-corrected chi connectivity index (χ2v) is 14.1. The van der Waals surface area contributed by atoms with Gasteiger partial charge in [-0.1, -0.05) is 19.3 Å². The van der Waals surface area contributed by atoms with Gasteiger partial charge in [0.05, 0.1) is 30.3 Å².